The minimum absolute atomic E-state index is 0.602. The summed E-state index contributed by atoms with van der Waals surface area (Å²) in [5, 5.41) is 1.63. The molecule has 1 aliphatic carbocycles. The number of hydrogen-bond acceptors (Lipinski definition) is 3. The maximum atomic E-state index is 4.48. The van der Waals surface area contributed by atoms with Gasteiger partial charge in [0.2, 0.25) is 0 Å². The number of thioether (sulfide) groups is 1. The van der Waals surface area contributed by atoms with E-state index in [9.17, 15) is 0 Å². The Morgan fingerprint density at radius 2 is 1.86 bits per heavy atom. The summed E-state index contributed by atoms with van der Waals surface area (Å²) in [6.07, 6.45) is 2.81. The van der Waals surface area contributed by atoms with Gasteiger partial charge in [0.15, 0.2) is 0 Å². The van der Waals surface area contributed by atoms with Crippen LogP contribution in [0.25, 0.3) is 0 Å². The van der Waals surface area contributed by atoms with Gasteiger partial charge in [-0.1, -0.05) is 13.8 Å². The van der Waals surface area contributed by atoms with Crippen LogP contribution in [0.1, 0.15) is 26.7 Å². The lowest BCUT2D eigenvalue weighted by Crippen LogP contribution is -2.43. The average Bonchev–Trinajstić information content (AvgIpc) is 2.83. The van der Waals surface area contributed by atoms with Crippen LogP contribution in [-0.2, 0) is 0 Å². The van der Waals surface area contributed by atoms with Crippen molar-refractivity contribution >= 4 is 24.4 Å². The minimum atomic E-state index is 0.602. The molecule has 1 saturated heterocycles. The van der Waals surface area contributed by atoms with Crippen molar-refractivity contribution in [3.05, 3.63) is 0 Å². The topological polar surface area (TPSA) is 3.24 Å². The Labute approximate surface area is 97.4 Å². The summed E-state index contributed by atoms with van der Waals surface area (Å²) in [6.45, 7) is 8.57. The molecule has 0 N–H and O–H groups in total. The third-order valence-corrected chi connectivity index (χ3v) is 5.24. The summed E-state index contributed by atoms with van der Waals surface area (Å²) in [6, 6.07) is 0. The van der Waals surface area contributed by atoms with Crippen LogP contribution in [-0.4, -0.2) is 40.8 Å². The molecule has 14 heavy (non-hydrogen) atoms. The van der Waals surface area contributed by atoms with Gasteiger partial charge < -0.3 is 4.90 Å². The Morgan fingerprint density at radius 3 is 2.29 bits per heavy atom. The van der Waals surface area contributed by atoms with Crippen LogP contribution in [0.4, 0.5) is 0 Å². The third-order valence-electron chi connectivity index (χ3n) is 3.35. The van der Waals surface area contributed by atoms with E-state index >= 15 is 0 Å². The van der Waals surface area contributed by atoms with Gasteiger partial charge in [0, 0.05) is 30.1 Å². The van der Waals surface area contributed by atoms with Gasteiger partial charge in [0.1, 0.15) is 0 Å². The normalized spacial score (nSPS) is 37.1. The van der Waals surface area contributed by atoms with Crippen molar-refractivity contribution in [2.75, 3.05) is 25.4 Å². The van der Waals surface area contributed by atoms with Gasteiger partial charge in [-0.25, -0.2) is 0 Å². The molecule has 2 atom stereocenters. The first-order valence-corrected chi connectivity index (χ1v) is 7.20. The highest BCUT2D eigenvalue weighted by atomic mass is 32.2. The van der Waals surface area contributed by atoms with E-state index in [1.807, 2.05) is 0 Å². The number of nitrogens with zero attached hydrogens (tertiary/aromatic N) is 1. The van der Waals surface area contributed by atoms with Gasteiger partial charge in [-0.3, -0.25) is 0 Å². The summed E-state index contributed by atoms with van der Waals surface area (Å²) < 4.78 is 0. The Balaban J connectivity index is 1.85. The van der Waals surface area contributed by atoms with Crippen molar-refractivity contribution in [3.63, 3.8) is 0 Å². The second-order valence-electron chi connectivity index (χ2n) is 5.11. The van der Waals surface area contributed by atoms with E-state index in [0.29, 0.717) is 5.41 Å². The van der Waals surface area contributed by atoms with E-state index in [1.54, 1.807) is 0 Å². The molecule has 82 valence electrons. The van der Waals surface area contributed by atoms with E-state index in [2.05, 4.69) is 43.1 Å². The van der Waals surface area contributed by atoms with Gasteiger partial charge >= 0.3 is 0 Å². The maximum Gasteiger partial charge on any atom is 0.0149 e. The van der Waals surface area contributed by atoms with Gasteiger partial charge in [0.25, 0.3) is 0 Å². The van der Waals surface area contributed by atoms with Gasteiger partial charge in [0.05, 0.1) is 0 Å². The Hall–Kier alpha value is 0.660. The zero-order valence-electron chi connectivity index (χ0n) is 9.20. The zero-order chi connectivity index (χ0) is 10.2. The summed E-state index contributed by atoms with van der Waals surface area (Å²) in [5.41, 5.74) is 0.602. The van der Waals surface area contributed by atoms with Crippen LogP contribution < -0.4 is 0 Å². The molecular weight excluding hydrogens is 210 g/mol. The standard InChI is InChI=1S/C11H21NS2/c1-9-5-12(6-10(2)14-9)7-11(8-13)3-4-11/h9-10,13H,3-8H2,1-2H3. The lowest BCUT2D eigenvalue weighted by atomic mass is 10.1. The average molecular weight is 231 g/mol. The Bertz CT molecular complexity index is 193. The van der Waals surface area contributed by atoms with Crippen LogP contribution in [0.5, 0.6) is 0 Å². The molecule has 0 spiro atoms. The maximum absolute atomic E-state index is 4.48. The second kappa shape index (κ2) is 4.26. The van der Waals surface area contributed by atoms with Crippen LogP contribution >= 0.6 is 24.4 Å². The van der Waals surface area contributed by atoms with Gasteiger partial charge in [-0.05, 0) is 24.0 Å². The molecule has 0 amide bonds. The lowest BCUT2D eigenvalue weighted by molar-refractivity contribution is 0.228. The molecule has 0 aromatic carbocycles. The predicted molar refractivity (Wildman–Crippen MR) is 68.5 cm³/mol. The molecule has 1 nitrogen and oxygen atoms in total. The van der Waals surface area contributed by atoms with Gasteiger partial charge in [-0.2, -0.15) is 24.4 Å². The predicted octanol–water partition coefficient (Wildman–Crippen LogP) is 2.52. The van der Waals surface area contributed by atoms with Crippen LogP contribution in [0, 0.1) is 5.41 Å². The molecule has 2 unspecified atom stereocenters. The lowest BCUT2D eigenvalue weighted by Gasteiger charge is -2.36. The van der Waals surface area contributed by atoms with Crippen molar-refractivity contribution < 1.29 is 0 Å². The highest BCUT2D eigenvalue weighted by molar-refractivity contribution is 8.00. The molecule has 1 aliphatic heterocycles. The fraction of sp³-hybridized carbons (Fsp3) is 1.00. The first-order chi connectivity index (χ1) is 6.63. The van der Waals surface area contributed by atoms with Crippen molar-refractivity contribution in [2.45, 2.75) is 37.2 Å². The Morgan fingerprint density at radius 1 is 1.29 bits per heavy atom. The highest BCUT2D eigenvalue weighted by Gasteiger charge is 2.43. The van der Waals surface area contributed by atoms with Crippen molar-refractivity contribution in [1.82, 2.24) is 4.90 Å². The molecule has 2 fully saturated rings. The quantitative estimate of drug-likeness (QED) is 0.744. The van der Waals surface area contributed by atoms with Crippen molar-refractivity contribution in [2.24, 2.45) is 5.41 Å². The molecule has 3 heteroatoms. The summed E-state index contributed by atoms with van der Waals surface area (Å²) in [7, 11) is 0. The SMILES string of the molecule is CC1CN(CC2(CS)CC2)CC(C)S1. The highest BCUT2D eigenvalue weighted by Crippen LogP contribution is 2.47. The molecule has 0 radical (unpaired) electrons. The second-order valence-corrected chi connectivity index (χ2v) is 7.31. The smallest absolute Gasteiger partial charge is 0.0149 e. The first kappa shape index (κ1) is 11.2. The van der Waals surface area contributed by atoms with Crippen LogP contribution in [0.2, 0.25) is 0 Å². The van der Waals surface area contributed by atoms with E-state index < -0.39 is 0 Å². The van der Waals surface area contributed by atoms with E-state index in [0.717, 1.165) is 16.3 Å². The third kappa shape index (κ3) is 2.61. The van der Waals surface area contributed by atoms with E-state index in [1.165, 1.54) is 32.5 Å². The fourth-order valence-corrected chi connectivity index (χ4v) is 4.23. The molecule has 0 bridgehead atoms. The van der Waals surface area contributed by atoms with Crippen LogP contribution in [0.15, 0.2) is 0 Å². The first-order valence-electron chi connectivity index (χ1n) is 5.62. The molecule has 2 rings (SSSR count). The molecule has 1 saturated carbocycles. The summed E-state index contributed by atoms with van der Waals surface area (Å²) in [5.74, 6) is 1.08. The van der Waals surface area contributed by atoms with Crippen molar-refractivity contribution in [3.8, 4) is 0 Å². The number of rotatable bonds is 3. The van der Waals surface area contributed by atoms with Crippen molar-refractivity contribution in [1.29, 1.82) is 0 Å². The molecule has 0 aromatic heterocycles. The Kier molecular flexibility index (Phi) is 3.40. The molecule has 2 aliphatic rings. The summed E-state index contributed by atoms with van der Waals surface area (Å²) in [4.78, 5) is 2.66. The van der Waals surface area contributed by atoms with Crippen LogP contribution in [0.3, 0.4) is 0 Å². The molecular formula is C11H21NS2. The monoisotopic (exact) mass is 231 g/mol. The zero-order valence-corrected chi connectivity index (χ0v) is 10.9. The largest absolute Gasteiger partial charge is 0.301 e. The molecule has 1 heterocycles. The van der Waals surface area contributed by atoms with E-state index in [-0.39, 0.29) is 0 Å². The number of hydrogen-bond donors (Lipinski definition) is 1. The fourth-order valence-electron chi connectivity index (χ4n) is 2.43. The number of thiol groups is 1. The van der Waals surface area contributed by atoms with E-state index in [4.69, 9.17) is 0 Å². The van der Waals surface area contributed by atoms with Gasteiger partial charge in [-0.15, -0.1) is 0 Å². The minimum Gasteiger partial charge on any atom is -0.301 e. The molecule has 0 aromatic rings. The summed E-state index contributed by atoms with van der Waals surface area (Å²) >= 11 is 6.61.